The minimum Gasteiger partial charge on any atom is -0.461 e. The maximum atomic E-state index is 11.7. The van der Waals surface area contributed by atoms with Crippen LogP contribution in [0.25, 0.3) is 21.7 Å². The number of carbonyl (C=O) groups excluding carboxylic acids is 1. The molecule has 0 unspecified atom stereocenters. The van der Waals surface area contributed by atoms with Crippen molar-refractivity contribution in [1.82, 2.24) is 10.1 Å². The molecule has 2 heterocycles. The van der Waals surface area contributed by atoms with E-state index in [2.05, 4.69) is 28.7 Å². The summed E-state index contributed by atoms with van der Waals surface area (Å²) in [5, 5.41) is 10.5. The first-order valence-corrected chi connectivity index (χ1v) is 8.90. The lowest BCUT2D eigenvalue weighted by atomic mass is 10.1. The summed E-state index contributed by atoms with van der Waals surface area (Å²) in [6.45, 7) is 2.67. The predicted octanol–water partition coefficient (Wildman–Crippen LogP) is 4.21. The Kier molecular flexibility index (Phi) is 4.70. The molecule has 0 atom stereocenters. The van der Waals surface area contributed by atoms with Gasteiger partial charge in [-0.2, -0.15) is 0 Å². The monoisotopic (exact) mass is 361 g/mol. The zero-order chi connectivity index (χ0) is 18.6. The molecule has 1 N–H and O–H groups in total. The minimum atomic E-state index is -0.470. The Hall–Kier alpha value is -3.41. The van der Waals surface area contributed by atoms with E-state index >= 15 is 0 Å². The first-order valence-electron chi connectivity index (χ1n) is 8.90. The average molecular weight is 361 g/mol. The summed E-state index contributed by atoms with van der Waals surface area (Å²) in [5.41, 5.74) is 1.14. The molecular weight excluding hydrogens is 342 g/mol. The minimum absolute atomic E-state index is 0.195. The van der Waals surface area contributed by atoms with Gasteiger partial charge in [0.15, 0.2) is 5.69 Å². The van der Waals surface area contributed by atoms with Crippen molar-refractivity contribution >= 4 is 33.5 Å². The van der Waals surface area contributed by atoms with E-state index in [1.165, 1.54) is 0 Å². The molecule has 6 heteroatoms. The standard InChI is InChI=1S/C21H19N3O3/c1-2-26-21(25)19-13-14(27-24-19)11-12-22-20-17-9-4-3-7-15(17)16-8-5-6-10-18(16)23-20/h3-10,13H,2,11-12H2,1H3,(H,22,23). The molecule has 2 aromatic carbocycles. The van der Waals surface area contributed by atoms with Crippen LogP contribution in [-0.2, 0) is 11.2 Å². The molecule has 0 saturated carbocycles. The quantitative estimate of drug-likeness (QED) is 0.409. The Morgan fingerprint density at radius 2 is 1.81 bits per heavy atom. The second kappa shape index (κ2) is 7.45. The molecule has 4 rings (SSSR count). The number of rotatable bonds is 6. The fourth-order valence-corrected chi connectivity index (χ4v) is 3.07. The number of ether oxygens (including phenoxy) is 1. The first kappa shape index (κ1) is 17.0. The number of nitrogens with one attached hydrogen (secondary N) is 1. The molecule has 27 heavy (non-hydrogen) atoms. The Labute approximate surface area is 156 Å². The molecule has 0 aliphatic heterocycles. The van der Waals surface area contributed by atoms with E-state index in [1.807, 2.05) is 30.3 Å². The molecule has 0 aliphatic carbocycles. The fraction of sp³-hybridized carbons (Fsp3) is 0.190. The van der Waals surface area contributed by atoms with Crippen LogP contribution in [0, 0.1) is 0 Å². The van der Waals surface area contributed by atoms with Gasteiger partial charge in [-0.15, -0.1) is 0 Å². The zero-order valence-electron chi connectivity index (χ0n) is 14.9. The van der Waals surface area contributed by atoms with E-state index in [9.17, 15) is 4.79 Å². The van der Waals surface area contributed by atoms with Crippen molar-refractivity contribution in [2.45, 2.75) is 13.3 Å². The maximum Gasteiger partial charge on any atom is 0.360 e. The van der Waals surface area contributed by atoms with Crippen molar-refractivity contribution in [2.24, 2.45) is 0 Å². The molecule has 0 saturated heterocycles. The number of hydrogen-bond donors (Lipinski definition) is 1. The Morgan fingerprint density at radius 1 is 1.07 bits per heavy atom. The fourth-order valence-electron chi connectivity index (χ4n) is 3.07. The van der Waals surface area contributed by atoms with Gasteiger partial charge in [-0.1, -0.05) is 47.6 Å². The molecule has 0 spiro atoms. The molecule has 0 amide bonds. The van der Waals surface area contributed by atoms with Crippen molar-refractivity contribution in [3.8, 4) is 0 Å². The van der Waals surface area contributed by atoms with Crippen LogP contribution in [-0.4, -0.2) is 29.3 Å². The molecule has 0 bridgehead atoms. The smallest absolute Gasteiger partial charge is 0.360 e. The molecule has 2 aromatic heterocycles. The second-order valence-corrected chi connectivity index (χ2v) is 6.10. The van der Waals surface area contributed by atoms with Crippen molar-refractivity contribution in [3.05, 3.63) is 66.1 Å². The molecular formula is C21H19N3O3. The summed E-state index contributed by atoms with van der Waals surface area (Å²) in [4.78, 5) is 16.4. The third-order valence-corrected chi connectivity index (χ3v) is 4.32. The third kappa shape index (κ3) is 3.46. The topological polar surface area (TPSA) is 77.2 Å². The number of para-hydroxylation sites is 1. The van der Waals surface area contributed by atoms with E-state index in [1.54, 1.807) is 13.0 Å². The van der Waals surface area contributed by atoms with Gasteiger partial charge in [-0.05, 0) is 18.4 Å². The van der Waals surface area contributed by atoms with E-state index in [4.69, 9.17) is 14.2 Å². The number of hydrogen-bond acceptors (Lipinski definition) is 6. The highest BCUT2D eigenvalue weighted by molar-refractivity contribution is 6.09. The van der Waals surface area contributed by atoms with Crippen LogP contribution in [0.1, 0.15) is 23.2 Å². The van der Waals surface area contributed by atoms with Crippen LogP contribution >= 0.6 is 0 Å². The molecule has 136 valence electrons. The summed E-state index contributed by atoms with van der Waals surface area (Å²) in [6, 6.07) is 17.9. The number of nitrogens with zero attached hydrogens (tertiary/aromatic N) is 2. The average Bonchev–Trinajstić information content (AvgIpc) is 3.17. The van der Waals surface area contributed by atoms with Gasteiger partial charge in [0.2, 0.25) is 0 Å². The summed E-state index contributed by atoms with van der Waals surface area (Å²) in [5.74, 6) is 0.979. The second-order valence-electron chi connectivity index (χ2n) is 6.10. The van der Waals surface area contributed by atoms with Gasteiger partial charge in [-0.25, -0.2) is 9.78 Å². The molecule has 0 fully saturated rings. The van der Waals surface area contributed by atoms with Crippen LogP contribution < -0.4 is 5.32 Å². The number of pyridine rings is 1. The normalized spacial score (nSPS) is 11.0. The van der Waals surface area contributed by atoms with Gasteiger partial charge >= 0.3 is 5.97 Å². The van der Waals surface area contributed by atoms with Crippen LogP contribution in [0.3, 0.4) is 0 Å². The van der Waals surface area contributed by atoms with E-state index in [0.29, 0.717) is 25.3 Å². The predicted molar refractivity (Wildman–Crippen MR) is 104 cm³/mol. The zero-order valence-corrected chi connectivity index (χ0v) is 14.9. The number of carbonyl (C=O) groups is 1. The number of esters is 1. The van der Waals surface area contributed by atoms with Gasteiger partial charge in [-0.3, -0.25) is 0 Å². The largest absolute Gasteiger partial charge is 0.461 e. The van der Waals surface area contributed by atoms with Gasteiger partial charge in [0.05, 0.1) is 12.1 Å². The lowest BCUT2D eigenvalue weighted by Crippen LogP contribution is -2.07. The number of aromatic nitrogens is 2. The Balaban J connectivity index is 1.53. The lowest BCUT2D eigenvalue weighted by molar-refractivity contribution is 0.0514. The van der Waals surface area contributed by atoms with Gasteiger partial charge in [0.1, 0.15) is 11.6 Å². The van der Waals surface area contributed by atoms with Gasteiger partial charge < -0.3 is 14.6 Å². The lowest BCUT2D eigenvalue weighted by Gasteiger charge is -2.11. The molecule has 6 nitrogen and oxygen atoms in total. The molecule has 0 aliphatic rings. The number of fused-ring (bicyclic) bond motifs is 3. The van der Waals surface area contributed by atoms with Gasteiger partial charge in [0, 0.05) is 29.8 Å². The highest BCUT2D eigenvalue weighted by atomic mass is 16.5. The summed E-state index contributed by atoms with van der Waals surface area (Å²) >= 11 is 0. The van der Waals surface area contributed by atoms with Crippen molar-refractivity contribution in [2.75, 3.05) is 18.5 Å². The van der Waals surface area contributed by atoms with Crippen LogP contribution in [0.15, 0.2) is 59.1 Å². The van der Waals surface area contributed by atoms with Crippen LogP contribution in [0.4, 0.5) is 5.82 Å². The maximum absolute atomic E-state index is 11.7. The summed E-state index contributed by atoms with van der Waals surface area (Å²) in [6.07, 6.45) is 0.579. The summed E-state index contributed by atoms with van der Waals surface area (Å²) in [7, 11) is 0. The van der Waals surface area contributed by atoms with E-state index in [-0.39, 0.29) is 5.69 Å². The SMILES string of the molecule is CCOC(=O)c1cc(CCNc2nc3ccccc3c3ccccc23)on1. The highest BCUT2D eigenvalue weighted by Crippen LogP contribution is 2.28. The third-order valence-electron chi connectivity index (χ3n) is 4.32. The Bertz CT molecular complexity index is 1100. The van der Waals surface area contributed by atoms with E-state index < -0.39 is 5.97 Å². The van der Waals surface area contributed by atoms with Crippen molar-refractivity contribution in [3.63, 3.8) is 0 Å². The Morgan fingerprint density at radius 3 is 2.63 bits per heavy atom. The molecule has 0 radical (unpaired) electrons. The van der Waals surface area contributed by atoms with Crippen molar-refractivity contribution < 1.29 is 14.1 Å². The van der Waals surface area contributed by atoms with Crippen LogP contribution in [0.2, 0.25) is 0 Å². The summed E-state index contributed by atoms with van der Waals surface area (Å²) < 4.78 is 10.1. The highest BCUT2D eigenvalue weighted by Gasteiger charge is 2.13. The first-order chi connectivity index (χ1) is 13.3. The van der Waals surface area contributed by atoms with E-state index in [0.717, 1.165) is 27.5 Å². The van der Waals surface area contributed by atoms with Gasteiger partial charge in [0.25, 0.3) is 0 Å². The van der Waals surface area contributed by atoms with Crippen LogP contribution in [0.5, 0.6) is 0 Å². The number of benzene rings is 2. The molecule has 4 aromatic rings. The van der Waals surface area contributed by atoms with Crippen molar-refractivity contribution in [1.29, 1.82) is 0 Å². The number of anilines is 1.